The van der Waals surface area contributed by atoms with Gasteiger partial charge < -0.3 is 28.7 Å². The largest absolute Gasteiger partial charge is 0.493 e. The number of nitrogens with zero attached hydrogens (tertiary/aromatic N) is 3. The predicted octanol–water partition coefficient (Wildman–Crippen LogP) is 6.41. The minimum absolute atomic E-state index is 0.162. The highest BCUT2D eigenvalue weighted by molar-refractivity contribution is 7.99. The lowest BCUT2D eigenvalue weighted by Gasteiger charge is -2.38. The topological polar surface area (TPSA) is 60.5 Å². The Kier molecular flexibility index (Phi) is 11.3. The molecule has 0 spiro atoms. The lowest BCUT2D eigenvalue weighted by molar-refractivity contribution is -0.127. The van der Waals surface area contributed by atoms with Crippen LogP contribution in [0.4, 0.5) is 5.69 Å². The molecule has 2 aliphatic heterocycles. The standard InChI is InChI=1S/C36H48N3O5S/c1-6-39(36(40)27(2)29-13-7-10-16-34(29)45-39)30-14-8-9-15-31(30)44-24-12-11-18-37-20-22-38(23-21-37)19-17-28-25-32(41-3)35(43-5)33(26-28)42-4/h7-10,13-16,25-27H,6,11-12,17-24H2,1-5H3/q+1. The number of rotatable bonds is 14. The van der Waals surface area contributed by atoms with Crippen LogP contribution in [0, 0.1) is 0 Å². The first-order chi connectivity index (χ1) is 21.9. The Labute approximate surface area is 272 Å². The summed E-state index contributed by atoms with van der Waals surface area (Å²) >= 11 is 1.63. The van der Waals surface area contributed by atoms with Gasteiger partial charge in [-0.1, -0.05) is 30.3 Å². The van der Waals surface area contributed by atoms with E-state index in [-0.39, 0.29) is 15.7 Å². The van der Waals surface area contributed by atoms with Crippen LogP contribution in [0.1, 0.15) is 43.7 Å². The Morgan fingerprint density at radius 2 is 1.47 bits per heavy atom. The van der Waals surface area contributed by atoms with Gasteiger partial charge in [0.1, 0.15) is 11.9 Å². The number of carbonyl (C=O) groups excluding carboxylic acids is 1. The van der Waals surface area contributed by atoms with Gasteiger partial charge in [0.25, 0.3) is 0 Å². The number of fused-ring (bicyclic) bond motifs is 1. The van der Waals surface area contributed by atoms with Gasteiger partial charge in [-0.25, -0.2) is 4.79 Å². The van der Waals surface area contributed by atoms with Crippen molar-refractivity contribution in [3.8, 4) is 23.0 Å². The normalized spacial score (nSPS) is 20.5. The molecule has 2 unspecified atom stereocenters. The number of hydrogen-bond acceptors (Lipinski definition) is 8. The number of likely N-dealkylation sites (N-methyl/N-ethyl adjacent to an activating group) is 1. The van der Waals surface area contributed by atoms with Crippen molar-refractivity contribution in [2.24, 2.45) is 0 Å². The molecule has 45 heavy (non-hydrogen) atoms. The van der Waals surface area contributed by atoms with E-state index in [0.29, 0.717) is 30.4 Å². The van der Waals surface area contributed by atoms with Crippen molar-refractivity contribution in [3.05, 3.63) is 71.8 Å². The van der Waals surface area contributed by atoms with Crippen LogP contribution in [-0.4, -0.2) is 89.5 Å². The highest BCUT2D eigenvalue weighted by Crippen LogP contribution is 2.50. The first-order valence-corrected chi connectivity index (χ1v) is 16.9. The number of hydrogen-bond donors (Lipinski definition) is 0. The summed E-state index contributed by atoms with van der Waals surface area (Å²) in [5.74, 6) is 2.90. The summed E-state index contributed by atoms with van der Waals surface area (Å²) in [7, 11) is 4.95. The molecule has 0 bridgehead atoms. The number of carbonyl (C=O) groups is 1. The fourth-order valence-electron chi connectivity index (χ4n) is 6.44. The van der Waals surface area contributed by atoms with Gasteiger partial charge in [0.05, 0.1) is 45.3 Å². The zero-order valence-electron chi connectivity index (χ0n) is 27.4. The molecule has 0 aromatic heterocycles. The molecule has 5 rings (SSSR count). The van der Waals surface area contributed by atoms with Gasteiger partial charge in [-0.15, -0.1) is 0 Å². The molecule has 8 nitrogen and oxygen atoms in total. The van der Waals surface area contributed by atoms with Gasteiger partial charge >= 0.3 is 5.91 Å². The molecule has 242 valence electrons. The van der Waals surface area contributed by atoms with Crippen LogP contribution < -0.4 is 22.8 Å². The number of benzene rings is 3. The maximum Gasteiger partial charge on any atom is 0.337 e. The van der Waals surface area contributed by atoms with Crippen molar-refractivity contribution in [1.82, 2.24) is 13.7 Å². The lowest BCUT2D eigenvalue weighted by Crippen LogP contribution is -2.52. The Morgan fingerprint density at radius 3 is 2.13 bits per heavy atom. The molecule has 1 amide bonds. The van der Waals surface area contributed by atoms with Crippen LogP contribution in [0.2, 0.25) is 0 Å². The molecule has 0 N–H and O–H groups in total. The Bertz CT molecular complexity index is 1420. The fraction of sp³-hybridized carbons (Fsp3) is 0.472. The van der Waals surface area contributed by atoms with Crippen molar-refractivity contribution in [3.63, 3.8) is 0 Å². The van der Waals surface area contributed by atoms with Gasteiger partial charge in [0.15, 0.2) is 22.9 Å². The molecule has 2 heterocycles. The van der Waals surface area contributed by atoms with Crippen LogP contribution in [0.15, 0.2) is 65.6 Å². The van der Waals surface area contributed by atoms with Gasteiger partial charge in [-0.05, 0) is 75.0 Å². The fourth-order valence-corrected chi connectivity index (χ4v) is 7.89. The molecule has 1 fully saturated rings. The smallest absolute Gasteiger partial charge is 0.337 e. The number of unbranched alkanes of at least 4 members (excludes halogenated alkanes) is 1. The second-order valence-corrected chi connectivity index (χ2v) is 13.0. The van der Waals surface area contributed by atoms with E-state index >= 15 is 0 Å². The minimum atomic E-state index is -0.162. The van der Waals surface area contributed by atoms with E-state index in [1.54, 1.807) is 33.3 Å². The van der Waals surface area contributed by atoms with E-state index in [0.717, 1.165) is 75.5 Å². The van der Waals surface area contributed by atoms with Gasteiger partial charge in [0.2, 0.25) is 5.75 Å². The number of para-hydroxylation sites is 2. The van der Waals surface area contributed by atoms with E-state index in [1.807, 2.05) is 43.3 Å². The molecule has 2 aliphatic rings. The number of methoxy groups -OCH3 is 3. The molecule has 0 saturated carbocycles. The molecule has 0 radical (unpaired) electrons. The third-order valence-corrected chi connectivity index (χ3v) is 10.6. The van der Waals surface area contributed by atoms with E-state index in [2.05, 4.69) is 41.0 Å². The van der Waals surface area contributed by atoms with Crippen molar-refractivity contribution >= 4 is 23.5 Å². The van der Waals surface area contributed by atoms with Crippen LogP contribution in [-0.2, 0) is 11.2 Å². The second kappa shape index (κ2) is 15.4. The molecule has 2 atom stereocenters. The summed E-state index contributed by atoms with van der Waals surface area (Å²) in [4.78, 5) is 20.1. The van der Waals surface area contributed by atoms with Gasteiger partial charge in [0, 0.05) is 38.8 Å². The third kappa shape index (κ3) is 7.27. The summed E-state index contributed by atoms with van der Waals surface area (Å²) in [6, 6.07) is 20.5. The molecular formula is C36H48N3O5S+. The van der Waals surface area contributed by atoms with Crippen LogP contribution >= 0.6 is 11.9 Å². The first-order valence-electron chi connectivity index (χ1n) is 16.1. The molecule has 0 aliphatic carbocycles. The number of piperazine rings is 1. The molecule has 3 aromatic rings. The lowest BCUT2D eigenvalue weighted by atomic mass is 9.98. The molecule has 3 aromatic carbocycles. The maximum atomic E-state index is 13.8. The quantitative estimate of drug-likeness (QED) is 0.115. The number of quaternary nitrogens is 1. The summed E-state index contributed by atoms with van der Waals surface area (Å²) in [5.41, 5.74) is 3.24. The average molecular weight is 635 g/mol. The van der Waals surface area contributed by atoms with E-state index < -0.39 is 0 Å². The van der Waals surface area contributed by atoms with Gasteiger partial charge in [-0.3, -0.25) is 0 Å². The van der Waals surface area contributed by atoms with Gasteiger partial charge in [-0.2, -0.15) is 3.89 Å². The third-order valence-electron chi connectivity index (χ3n) is 9.10. The van der Waals surface area contributed by atoms with Crippen LogP contribution in [0.5, 0.6) is 23.0 Å². The Hall–Kier alpha value is -3.24. The molecular weight excluding hydrogens is 586 g/mol. The minimum Gasteiger partial charge on any atom is -0.493 e. The Morgan fingerprint density at radius 1 is 0.822 bits per heavy atom. The van der Waals surface area contributed by atoms with Crippen molar-refractivity contribution in [1.29, 1.82) is 0 Å². The maximum absolute atomic E-state index is 13.8. The summed E-state index contributed by atoms with van der Waals surface area (Å²) in [6.45, 7) is 11.8. The highest BCUT2D eigenvalue weighted by Gasteiger charge is 2.49. The molecule has 1 saturated heterocycles. The first kappa shape index (κ1) is 33.1. The van der Waals surface area contributed by atoms with Crippen molar-refractivity contribution in [2.75, 3.05) is 73.7 Å². The second-order valence-electron chi connectivity index (χ2n) is 11.7. The monoisotopic (exact) mass is 634 g/mol. The summed E-state index contributed by atoms with van der Waals surface area (Å²) in [5, 5.41) is 0. The highest BCUT2D eigenvalue weighted by atomic mass is 32.2. The zero-order valence-corrected chi connectivity index (χ0v) is 28.2. The van der Waals surface area contributed by atoms with Crippen LogP contribution in [0.3, 0.4) is 0 Å². The average Bonchev–Trinajstić information content (AvgIpc) is 3.09. The SMILES string of the molecule is CC[N+]1(c2ccccc2OCCCCN2CCN(CCc3cc(OC)c(OC)c(OC)c3)CC2)Sc2ccccc2C(C)C1=O. The zero-order chi connectivity index (χ0) is 31.8. The number of ether oxygens (including phenoxy) is 4. The Balaban J connectivity index is 1.08. The van der Waals surface area contributed by atoms with E-state index in [9.17, 15) is 4.79 Å². The van der Waals surface area contributed by atoms with Crippen LogP contribution in [0.25, 0.3) is 0 Å². The van der Waals surface area contributed by atoms with E-state index in [4.69, 9.17) is 18.9 Å². The predicted molar refractivity (Wildman–Crippen MR) is 182 cm³/mol. The number of amides is 1. The summed E-state index contributed by atoms with van der Waals surface area (Å²) < 4.78 is 23.1. The van der Waals surface area contributed by atoms with Crippen molar-refractivity contribution in [2.45, 2.75) is 43.9 Å². The van der Waals surface area contributed by atoms with Crippen molar-refractivity contribution < 1.29 is 23.7 Å². The van der Waals surface area contributed by atoms with E-state index in [1.165, 1.54) is 10.5 Å². The summed E-state index contributed by atoms with van der Waals surface area (Å²) in [6.07, 6.45) is 2.99. The molecule has 9 heteroatoms.